The molecule has 0 aliphatic heterocycles. The number of hydrogen-bond donors (Lipinski definition) is 5. The fraction of sp³-hybridized carbons (Fsp3) is 0.350. The minimum atomic E-state index is -1.37. The number of para-hydroxylation sites is 1. The molecule has 4 atom stereocenters. The maximum atomic E-state index is 12.0. The maximum absolute atomic E-state index is 12.0. The molecule has 0 amide bonds. The van der Waals surface area contributed by atoms with E-state index in [1.807, 2.05) is 18.2 Å². The minimum absolute atomic E-state index is 0.253. The van der Waals surface area contributed by atoms with Crippen LogP contribution < -0.4 is 10.1 Å². The van der Waals surface area contributed by atoms with Gasteiger partial charge >= 0.3 is 5.97 Å². The Morgan fingerprint density at radius 1 is 1.07 bits per heavy atom. The summed E-state index contributed by atoms with van der Waals surface area (Å²) >= 11 is 0. The molecule has 0 unspecified atom stereocenters. The zero-order chi connectivity index (χ0) is 19.8. The third kappa shape index (κ3) is 5.68. The third-order valence-electron chi connectivity index (χ3n) is 4.35. The quantitative estimate of drug-likeness (QED) is 0.428. The van der Waals surface area contributed by atoms with Crippen LogP contribution in [0.3, 0.4) is 0 Å². The van der Waals surface area contributed by atoms with E-state index in [0.717, 1.165) is 0 Å². The van der Waals surface area contributed by atoms with Gasteiger partial charge in [-0.1, -0.05) is 30.3 Å². The lowest BCUT2D eigenvalue weighted by molar-refractivity contribution is -0.147. The number of methoxy groups -OCH3 is 1. The van der Waals surface area contributed by atoms with E-state index in [0.29, 0.717) is 17.0 Å². The average Bonchev–Trinajstić information content (AvgIpc) is 2.68. The number of carbonyl (C=O) groups is 1. The summed E-state index contributed by atoms with van der Waals surface area (Å²) in [5.41, 5.74) is 1.34. The molecule has 2 rings (SSSR count). The summed E-state index contributed by atoms with van der Waals surface area (Å²) in [7, 11) is 1.54. The van der Waals surface area contributed by atoms with Gasteiger partial charge in [-0.25, -0.2) is 0 Å². The Balaban J connectivity index is 2.38. The van der Waals surface area contributed by atoms with Crippen molar-refractivity contribution in [1.29, 1.82) is 0 Å². The zero-order valence-corrected chi connectivity index (χ0v) is 15.0. The van der Waals surface area contributed by atoms with Crippen molar-refractivity contribution in [2.45, 2.75) is 24.7 Å². The summed E-state index contributed by atoms with van der Waals surface area (Å²) in [5, 5.41) is 42.1. The normalized spacial score (nSPS) is 15.4. The number of rotatable bonds is 10. The fourth-order valence-corrected chi connectivity index (χ4v) is 2.93. The van der Waals surface area contributed by atoms with Crippen LogP contribution >= 0.6 is 0 Å². The fourth-order valence-electron chi connectivity index (χ4n) is 2.93. The summed E-state index contributed by atoms with van der Waals surface area (Å²) in [6, 6.07) is 15.2. The van der Waals surface area contributed by atoms with Gasteiger partial charge < -0.3 is 30.5 Å². The van der Waals surface area contributed by atoms with Crippen molar-refractivity contribution in [1.82, 2.24) is 0 Å². The van der Waals surface area contributed by atoms with E-state index in [4.69, 9.17) is 9.84 Å². The largest absolute Gasteiger partial charge is 0.497 e. The van der Waals surface area contributed by atoms with Crippen molar-refractivity contribution in [3.8, 4) is 5.75 Å². The molecule has 7 nitrogen and oxygen atoms in total. The predicted molar refractivity (Wildman–Crippen MR) is 101 cm³/mol. The molecule has 146 valence electrons. The van der Waals surface area contributed by atoms with Crippen LogP contribution in [0.5, 0.6) is 5.75 Å². The van der Waals surface area contributed by atoms with Crippen LogP contribution in [0, 0.1) is 5.92 Å². The monoisotopic (exact) mass is 375 g/mol. The van der Waals surface area contributed by atoms with E-state index in [9.17, 15) is 20.1 Å². The summed E-state index contributed by atoms with van der Waals surface area (Å²) in [6.07, 6.45) is -2.82. The van der Waals surface area contributed by atoms with E-state index in [2.05, 4.69) is 5.32 Å². The molecular weight excluding hydrogens is 350 g/mol. The van der Waals surface area contributed by atoms with E-state index in [1.165, 1.54) is 7.11 Å². The molecule has 0 aliphatic rings. The topological polar surface area (TPSA) is 119 Å². The Morgan fingerprint density at radius 2 is 1.70 bits per heavy atom. The maximum Gasteiger partial charge on any atom is 0.311 e. The van der Waals surface area contributed by atoms with Crippen molar-refractivity contribution in [2.24, 2.45) is 5.92 Å². The van der Waals surface area contributed by atoms with Crippen LogP contribution in [-0.2, 0) is 4.79 Å². The lowest BCUT2D eigenvalue weighted by Gasteiger charge is -2.30. The van der Waals surface area contributed by atoms with Crippen LogP contribution in [0.2, 0.25) is 0 Å². The molecule has 5 N–H and O–H groups in total. The van der Waals surface area contributed by atoms with Gasteiger partial charge in [-0.15, -0.1) is 0 Å². The molecule has 0 saturated heterocycles. The summed E-state index contributed by atoms with van der Waals surface area (Å²) in [5.74, 6) is -1.84. The number of anilines is 1. The van der Waals surface area contributed by atoms with Crippen molar-refractivity contribution < 1.29 is 30.0 Å². The molecular formula is C20H25NO6. The highest BCUT2D eigenvalue weighted by molar-refractivity contribution is 5.73. The summed E-state index contributed by atoms with van der Waals surface area (Å²) in [6.45, 7) is -0.553. The first kappa shape index (κ1) is 20.7. The lowest BCUT2D eigenvalue weighted by Crippen LogP contribution is -2.39. The number of aliphatic hydroxyl groups is 3. The Labute approximate surface area is 157 Å². The molecule has 2 aromatic carbocycles. The Morgan fingerprint density at radius 3 is 2.22 bits per heavy atom. The number of nitrogens with one attached hydrogen (secondary N) is 1. The van der Waals surface area contributed by atoms with Gasteiger partial charge in [0.15, 0.2) is 0 Å². The van der Waals surface area contributed by atoms with Gasteiger partial charge in [0.2, 0.25) is 0 Å². The molecule has 0 spiro atoms. The number of carboxylic acids is 1. The summed E-state index contributed by atoms with van der Waals surface area (Å²) in [4.78, 5) is 12.0. The van der Waals surface area contributed by atoms with E-state index >= 15 is 0 Å². The molecule has 0 bridgehead atoms. The highest BCUT2D eigenvalue weighted by Gasteiger charge is 2.36. The van der Waals surface area contributed by atoms with Crippen LogP contribution in [0.25, 0.3) is 0 Å². The van der Waals surface area contributed by atoms with Crippen molar-refractivity contribution in [3.05, 3.63) is 60.2 Å². The molecule has 0 fully saturated rings. The highest BCUT2D eigenvalue weighted by Crippen LogP contribution is 2.32. The SMILES string of the molecule is COc1ccc([C@H](Nc2ccccc2)[C@@H](C(=O)O)[C@H](O)C[C@H](O)CO)cc1. The van der Waals surface area contributed by atoms with Gasteiger partial charge in [0, 0.05) is 12.1 Å². The second kappa shape index (κ2) is 9.91. The van der Waals surface area contributed by atoms with Gasteiger partial charge in [-0.3, -0.25) is 4.79 Å². The van der Waals surface area contributed by atoms with Gasteiger partial charge in [0.25, 0.3) is 0 Å². The smallest absolute Gasteiger partial charge is 0.311 e. The van der Waals surface area contributed by atoms with Gasteiger partial charge in [0.1, 0.15) is 11.7 Å². The number of aliphatic carboxylic acids is 1. The predicted octanol–water partition coefficient (Wildman–Crippen LogP) is 1.65. The Hall–Kier alpha value is -2.61. The van der Waals surface area contributed by atoms with Crippen LogP contribution in [-0.4, -0.2) is 52.3 Å². The van der Waals surface area contributed by atoms with E-state index in [-0.39, 0.29) is 6.42 Å². The van der Waals surface area contributed by atoms with Crippen molar-refractivity contribution in [3.63, 3.8) is 0 Å². The van der Waals surface area contributed by atoms with Gasteiger partial charge in [0.05, 0.1) is 32.0 Å². The average molecular weight is 375 g/mol. The molecule has 0 radical (unpaired) electrons. The standard InChI is InChI=1S/C20H25NO6/c1-27-16-9-7-13(8-10-16)19(21-14-5-3-2-4-6-14)18(20(25)26)17(24)11-15(23)12-22/h2-10,15,17-19,21-24H,11-12H2,1H3,(H,25,26)/t15-,17+,18-,19-/m0/s1. The molecule has 0 heterocycles. The second-order valence-corrected chi connectivity index (χ2v) is 6.26. The Bertz CT molecular complexity index is 706. The minimum Gasteiger partial charge on any atom is -0.497 e. The molecule has 0 aromatic heterocycles. The highest BCUT2D eigenvalue weighted by atomic mass is 16.5. The zero-order valence-electron chi connectivity index (χ0n) is 15.0. The molecule has 0 aliphatic carbocycles. The number of carboxylic acid groups (broad SMARTS) is 1. The summed E-state index contributed by atoms with van der Waals surface area (Å²) < 4.78 is 5.14. The van der Waals surface area contributed by atoms with Crippen molar-refractivity contribution in [2.75, 3.05) is 19.0 Å². The van der Waals surface area contributed by atoms with Crippen LogP contribution in [0.15, 0.2) is 54.6 Å². The first-order valence-electron chi connectivity index (χ1n) is 8.61. The second-order valence-electron chi connectivity index (χ2n) is 6.26. The molecule has 7 heteroatoms. The first-order chi connectivity index (χ1) is 13.0. The first-order valence-corrected chi connectivity index (χ1v) is 8.61. The van der Waals surface area contributed by atoms with Gasteiger partial charge in [-0.2, -0.15) is 0 Å². The van der Waals surface area contributed by atoms with Crippen LogP contribution in [0.4, 0.5) is 5.69 Å². The molecule has 0 saturated carbocycles. The van der Waals surface area contributed by atoms with Crippen molar-refractivity contribution >= 4 is 11.7 Å². The number of ether oxygens (including phenoxy) is 1. The van der Waals surface area contributed by atoms with Crippen LogP contribution in [0.1, 0.15) is 18.0 Å². The lowest BCUT2D eigenvalue weighted by atomic mass is 9.86. The van der Waals surface area contributed by atoms with E-state index < -0.39 is 36.7 Å². The Kier molecular flexibility index (Phi) is 7.60. The number of aliphatic hydroxyl groups excluding tert-OH is 3. The molecule has 2 aromatic rings. The number of hydrogen-bond acceptors (Lipinski definition) is 6. The number of benzene rings is 2. The molecule has 27 heavy (non-hydrogen) atoms. The van der Waals surface area contributed by atoms with Gasteiger partial charge in [-0.05, 0) is 29.8 Å². The van der Waals surface area contributed by atoms with E-state index in [1.54, 1.807) is 36.4 Å². The third-order valence-corrected chi connectivity index (χ3v) is 4.35.